The molecule has 166 valence electrons. The molecule has 2 aromatic carbocycles. The van der Waals surface area contributed by atoms with Crippen LogP contribution in [0.15, 0.2) is 35.4 Å². The quantitative estimate of drug-likeness (QED) is 0.257. The zero-order valence-electron chi connectivity index (χ0n) is 17.4. The van der Waals surface area contributed by atoms with Gasteiger partial charge in [0.05, 0.1) is 30.1 Å². The second-order valence-electron chi connectivity index (χ2n) is 6.02. The molecule has 0 aromatic heterocycles. The third-order valence-electron chi connectivity index (χ3n) is 3.80. The maximum atomic E-state index is 12.4. The van der Waals surface area contributed by atoms with Gasteiger partial charge in [-0.15, -0.1) is 0 Å². The van der Waals surface area contributed by atoms with E-state index in [2.05, 4.69) is 33.1 Å². The van der Waals surface area contributed by atoms with Gasteiger partial charge in [-0.05, 0) is 72.3 Å². The molecule has 2 amide bonds. The first-order chi connectivity index (χ1) is 14.9. The van der Waals surface area contributed by atoms with Crippen molar-refractivity contribution in [1.29, 1.82) is 0 Å². The number of carbonyl (C=O) groups excluding carboxylic acids is 2. The number of amides is 2. The van der Waals surface area contributed by atoms with Gasteiger partial charge in [0.15, 0.2) is 29.6 Å². The first kappa shape index (κ1) is 24.3. The fourth-order valence-electron chi connectivity index (χ4n) is 2.53. The molecule has 3 N–H and O–H groups in total. The van der Waals surface area contributed by atoms with Crippen molar-refractivity contribution in [2.75, 3.05) is 26.9 Å². The summed E-state index contributed by atoms with van der Waals surface area (Å²) in [6, 6.07) is 8.33. The highest BCUT2D eigenvalue weighted by Crippen LogP contribution is 2.34. The van der Waals surface area contributed by atoms with Gasteiger partial charge in [0.1, 0.15) is 0 Å². The van der Waals surface area contributed by atoms with Crippen LogP contribution in [0.5, 0.6) is 23.0 Å². The van der Waals surface area contributed by atoms with Crippen molar-refractivity contribution < 1.29 is 28.5 Å². The Morgan fingerprint density at radius 3 is 2.42 bits per heavy atom. The maximum absolute atomic E-state index is 12.4. The van der Waals surface area contributed by atoms with E-state index < -0.39 is 11.8 Å². The number of nitrogens with two attached hydrogens (primary N) is 1. The predicted molar refractivity (Wildman–Crippen MR) is 124 cm³/mol. The fraction of sp³-hybridized carbons (Fsp3) is 0.286. The van der Waals surface area contributed by atoms with Gasteiger partial charge in [-0.3, -0.25) is 9.59 Å². The van der Waals surface area contributed by atoms with Gasteiger partial charge in [-0.2, -0.15) is 5.10 Å². The van der Waals surface area contributed by atoms with Crippen LogP contribution in [0.4, 0.5) is 0 Å². The molecule has 0 saturated heterocycles. The molecule has 9 nitrogen and oxygen atoms in total. The number of hydrazone groups is 1. The normalized spacial score (nSPS) is 10.6. The van der Waals surface area contributed by atoms with Crippen molar-refractivity contribution >= 4 is 40.6 Å². The van der Waals surface area contributed by atoms with Gasteiger partial charge in [0.2, 0.25) is 0 Å². The van der Waals surface area contributed by atoms with E-state index in [9.17, 15) is 9.59 Å². The van der Waals surface area contributed by atoms with E-state index in [0.717, 1.165) is 0 Å². The van der Waals surface area contributed by atoms with Crippen molar-refractivity contribution in [2.45, 2.75) is 13.8 Å². The van der Waals surface area contributed by atoms with E-state index in [0.29, 0.717) is 50.9 Å². The van der Waals surface area contributed by atoms with Crippen molar-refractivity contribution in [3.05, 3.63) is 45.0 Å². The number of halogens is 1. The third kappa shape index (κ3) is 7.02. The summed E-state index contributed by atoms with van der Waals surface area (Å²) in [5, 5.41) is 4.01. The van der Waals surface area contributed by atoms with E-state index in [1.54, 1.807) is 30.3 Å². The highest BCUT2D eigenvalue weighted by Gasteiger charge is 2.13. The Morgan fingerprint density at radius 2 is 1.77 bits per heavy atom. The van der Waals surface area contributed by atoms with Crippen molar-refractivity contribution in [3.63, 3.8) is 0 Å². The molecule has 0 fully saturated rings. The minimum atomic E-state index is -0.586. The zero-order valence-corrected chi connectivity index (χ0v) is 19.6. The first-order valence-corrected chi connectivity index (χ1v) is 10.5. The number of rotatable bonds is 11. The van der Waals surface area contributed by atoms with Crippen LogP contribution < -0.4 is 30.1 Å². The van der Waals surface area contributed by atoms with Gasteiger partial charge in [0.25, 0.3) is 11.8 Å². The Labute approximate surface area is 194 Å². The van der Waals surface area contributed by atoms with E-state index in [4.69, 9.17) is 24.7 Å². The van der Waals surface area contributed by atoms with E-state index >= 15 is 0 Å². The predicted octanol–water partition coefficient (Wildman–Crippen LogP) is 2.73. The van der Waals surface area contributed by atoms with Crippen LogP contribution in [0, 0.1) is 3.57 Å². The first-order valence-electron chi connectivity index (χ1n) is 9.41. The summed E-state index contributed by atoms with van der Waals surface area (Å²) >= 11 is 2.06. The van der Waals surface area contributed by atoms with Crippen molar-refractivity contribution in [3.8, 4) is 23.0 Å². The number of primary amides is 1. The average Bonchev–Trinajstić information content (AvgIpc) is 2.73. The highest BCUT2D eigenvalue weighted by atomic mass is 127. The van der Waals surface area contributed by atoms with Crippen LogP contribution >= 0.6 is 22.6 Å². The standard InChI is InChI=1S/C21H24IN3O6/c1-4-29-17-10-14(6-7-16(17)28-3)21(27)25-24-11-13-8-15(22)20(31-12-19(23)26)18(9-13)30-5-2/h6-11H,4-5,12H2,1-3H3,(H2,23,26)(H,25,27)/b24-11+. The molecule has 2 rings (SSSR count). The SMILES string of the molecule is CCOc1cc(C(=O)N/N=C/c2cc(I)c(OCC(N)=O)c(OCC)c2)ccc1OC. The fourth-order valence-corrected chi connectivity index (χ4v) is 3.31. The average molecular weight is 541 g/mol. The van der Waals surface area contributed by atoms with Gasteiger partial charge in [-0.1, -0.05) is 0 Å². The van der Waals surface area contributed by atoms with Crippen LogP contribution in [-0.2, 0) is 4.79 Å². The van der Waals surface area contributed by atoms with E-state index in [-0.39, 0.29) is 6.61 Å². The van der Waals surface area contributed by atoms with Gasteiger partial charge in [-0.25, -0.2) is 5.43 Å². The number of nitrogens with one attached hydrogen (secondary N) is 1. The molecule has 2 aromatic rings. The molecular formula is C21H24IN3O6. The summed E-state index contributed by atoms with van der Waals surface area (Å²) in [5.74, 6) is 0.894. The molecule has 0 unspecified atom stereocenters. The van der Waals surface area contributed by atoms with Gasteiger partial charge < -0.3 is 24.7 Å². The molecule has 0 spiro atoms. The molecule has 0 saturated carbocycles. The smallest absolute Gasteiger partial charge is 0.271 e. The maximum Gasteiger partial charge on any atom is 0.271 e. The molecule has 0 bridgehead atoms. The van der Waals surface area contributed by atoms with E-state index in [1.807, 2.05) is 13.8 Å². The summed E-state index contributed by atoms with van der Waals surface area (Å²) < 4.78 is 22.4. The molecule has 0 aliphatic rings. The zero-order chi connectivity index (χ0) is 22.8. The lowest BCUT2D eigenvalue weighted by Crippen LogP contribution is -2.20. The monoisotopic (exact) mass is 541 g/mol. The minimum absolute atomic E-state index is 0.259. The largest absolute Gasteiger partial charge is 0.493 e. The molecule has 0 heterocycles. The summed E-state index contributed by atoms with van der Waals surface area (Å²) in [5.41, 5.74) is 8.67. The number of hydrogen-bond acceptors (Lipinski definition) is 7. The molecule has 31 heavy (non-hydrogen) atoms. The molecule has 0 aliphatic carbocycles. The number of nitrogens with zero attached hydrogens (tertiary/aromatic N) is 1. The lowest BCUT2D eigenvalue weighted by atomic mass is 10.2. The second-order valence-corrected chi connectivity index (χ2v) is 7.18. The Kier molecular flexibility index (Phi) is 9.38. The van der Waals surface area contributed by atoms with Gasteiger partial charge >= 0.3 is 0 Å². The van der Waals surface area contributed by atoms with Crippen LogP contribution in [0.1, 0.15) is 29.8 Å². The van der Waals surface area contributed by atoms with Gasteiger partial charge in [0, 0.05) is 5.56 Å². The molecule has 0 radical (unpaired) electrons. The van der Waals surface area contributed by atoms with Crippen molar-refractivity contribution in [1.82, 2.24) is 5.43 Å². The van der Waals surface area contributed by atoms with Crippen LogP contribution in [0.2, 0.25) is 0 Å². The van der Waals surface area contributed by atoms with Crippen LogP contribution in [0.25, 0.3) is 0 Å². The number of benzene rings is 2. The summed E-state index contributed by atoms with van der Waals surface area (Å²) in [4.78, 5) is 23.4. The van der Waals surface area contributed by atoms with E-state index in [1.165, 1.54) is 13.3 Å². The lowest BCUT2D eigenvalue weighted by Gasteiger charge is -2.13. The Hall–Kier alpha value is -3.02. The Balaban J connectivity index is 2.15. The highest BCUT2D eigenvalue weighted by molar-refractivity contribution is 14.1. The summed E-state index contributed by atoms with van der Waals surface area (Å²) in [6.45, 7) is 4.26. The van der Waals surface area contributed by atoms with Crippen LogP contribution in [0.3, 0.4) is 0 Å². The Bertz CT molecular complexity index is 964. The number of hydrogen-bond donors (Lipinski definition) is 2. The summed E-state index contributed by atoms with van der Waals surface area (Å²) in [7, 11) is 1.53. The Morgan fingerprint density at radius 1 is 1.06 bits per heavy atom. The molecule has 0 atom stereocenters. The molecular weight excluding hydrogens is 517 g/mol. The molecule has 0 aliphatic heterocycles. The number of carbonyl (C=O) groups is 2. The number of ether oxygens (including phenoxy) is 4. The topological polar surface area (TPSA) is 121 Å². The summed E-state index contributed by atoms with van der Waals surface area (Å²) in [6.07, 6.45) is 1.48. The minimum Gasteiger partial charge on any atom is -0.493 e. The second kappa shape index (κ2) is 12.0. The van der Waals surface area contributed by atoms with Crippen LogP contribution in [-0.4, -0.2) is 45.0 Å². The number of methoxy groups -OCH3 is 1. The lowest BCUT2D eigenvalue weighted by molar-refractivity contribution is -0.120. The molecule has 10 heteroatoms. The third-order valence-corrected chi connectivity index (χ3v) is 4.60. The van der Waals surface area contributed by atoms with Crippen molar-refractivity contribution in [2.24, 2.45) is 10.8 Å².